The molecule has 4 amide bonds. The predicted molar refractivity (Wildman–Crippen MR) is 198 cm³/mol. The van der Waals surface area contributed by atoms with Crippen molar-refractivity contribution in [3.05, 3.63) is 66.2 Å². The van der Waals surface area contributed by atoms with Crippen LogP contribution in [-0.2, 0) is 9.53 Å². The number of aliphatic hydroxyl groups is 1. The lowest BCUT2D eigenvalue weighted by molar-refractivity contribution is -0.120. The number of benzene rings is 3. The van der Waals surface area contributed by atoms with Gasteiger partial charge in [-0.15, -0.1) is 0 Å². The number of nitrogens with one attached hydrogen (secondary N) is 2. The van der Waals surface area contributed by atoms with Crippen LogP contribution in [0.2, 0.25) is 0 Å². The first kappa shape index (κ1) is 37.1. The monoisotopic (exact) mass is 686 g/mol. The summed E-state index contributed by atoms with van der Waals surface area (Å²) in [5.74, 6) is -0.0838. The number of rotatable bonds is 7. The molecule has 3 aromatic rings. The highest BCUT2D eigenvalue weighted by atomic mass is 16.5. The van der Waals surface area contributed by atoms with Gasteiger partial charge in [0, 0.05) is 49.7 Å². The lowest BCUT2D eigenvalue weighted by Crippen LogP contribution is -2.48. The van der Waals surface area contributed by atoms with Crippen molar-refractivity contribution in [3.8, 4) is 5.75 Å². The summed E-state index contributed by atoms with van der Waals surface area (Å²) in [7, 11) is 1.75. The van der Waals surface area contributed by atoms with Crippen LogP contribution >= 0.6 is 0 Å². The minimum Gasteiger partial charge on any atom is -0.490 e. The van der Waals surface area contributed by atoms with Crippen LogP contribution in [0, 0.1) is 11.8 Å². The van der Waals surface area contributed by atoms with Crippen molar-refractivity contribution in [3.63, 3.8) is 0 Å². The van der Waals surface area contributed by atoms with E-state index in [-0.39, 0.29) is 55.0 Å². The summed E-state index contributed by atoms with van der Waals surface area (Å²) >= 11 is 0. The molecule has 0 radical (unpaired) electrons. The summed E-state index contributed by atoms with van der Waals surface area (Å²) in [6.07, 6.45) is 6.92. The van der Waals surface area contributed by atoms with Crippen molar-refractivity contribution in [1.29, 1.82) is 0 Å². The van der Waals surface area contributed by atoms with Gasteiger partial charge in [0.05, 0.1) is 36.1 Å². The number of urea groups is 1. The number of aliphatic hydroxyl groups excluding tert-OH is 1. The van der Waals surface area contributed by atoms with Crippen molar-refractivity contribution in [2.45, 2.75) is 90.4 Å². The van der Waals surface area contributed by atoms with Crippen molar-refractivity contribution in [1.82, 2.24) is 9.80 Å². The maximum Gasteiger partial charge on any atom is 0.321 e. The number of hydrogen-bond acceptors (Lipinski definition) is 6. The lowest BCUT2D eigenvalue weighted by Gasteiger charge is -2.36. The molecule has 10 nitrogen and oxygen atoms in total. The third-order valence-electron chi connectivity index (χ3n) is 10.1. The summed E-state index contributed by atoms with van der Waals surface area (Å²) in [5, 5.41) is 18.4. The highest BCUT2D eigenvalue weighted by Gasteiger charge is 2.31. The minimum atomic E-state index is -0.503. The maximum absolute atomic E-state index is 14.5. The summed E-state index contributed by atoms with van der Waals surface area (Å²) in [6.45, 7) is 6.66. The molecule has 0 aromatic heterocycles. The van der Waals surface area contributed by atoms with E-state index in [0.29, 0.717) is 30.2 Å². The summed E-state index contributed by atoms with van der Waals surface area (Å²) in [4.78, 5) is 44.3. The average molecular weight is 687 g/mol. The van der Waals surface area contributed by atoms with Crippen LogP contribution in [0.15, 0.2) is 60.7 Å². The van der Waals surface area contributed by atoms with Crippen LogP contribution in [0.25, 0.3) is 10.8 Å². The van der Waals surface area contributed by atoms with Gasteiger partial charge in [0.2, 0.25) is 5.91 Å². The molecular formula is C40H54N4O6. The van der Waals surface area contributed by atoms with Crippen LogP contribution in [0.1, 0.15) is 82.5 Å². The molecule has 4 atom stereocenters. The second-order valence-electron chi connectivity index (χ2n) is 14.2. The van der Waals surface area contributed by atoms with Gasteiger partial charge in [0.25, 0.3) is 5.91 Å². The van der Waals surface area contributed by atoms with Crippen molar-refractivity contribution < 1.29 is 29.0 Å². The molecule has 2 aliphatic rings. The van der Waals surface area contributed by atoms with E-state index < -0.39 is 6.04 Å². The molecule has 0 saturated heterocycles. The first-order valence-electron chi connectivity index (χ1n) is 18.3. The predicted octanol–water partition coefficient (Wildman–Crippen LogP) is 7.32. The van der Waals surface area contributed by atoms with Crippen molar-refractivity contribution in [2.24, 2.45) is 11.8 Å². The number of ether oxygens (including phenoxy) is 2. The van der Waals surface area contributed by atoms with E-state index in [1.54, 1.807) is 35.0 Å². The molecule has 0 spiro atoms. The van der Waals surface area contributed by atoms with Gasteiger partial charge < -0.3 is 35.0 Å². The molecule has 1 fully saturated rings. The Morgan fingerprint density at radius 3 is 2.48 bits per heavy atom. The molecule has 270 valence electrons. The number of anilines is 2. The van der Waals surface area contributed by atoms with Gasteiger partial charge in [0.1, 0.15) is 5.75 Å². The molecule has 10 heteroatoms. The Morgan fingerprint density at radius 1 is 0.960 bits per heavy atom. The molecule has 3 aromatic carbocycles. The fourth-order valence-corrected chi connectivity index (χ4v) is 6.97. The molecule has 50 heavy (non-hydrogen) atoms. The van der Waals surface area contributed by atoms with Gasteiger partial charge in [-0.3, -0.25) is 9.59 Å². The maximum atomic E-state index is 14.5. The summed E-state index contributed by atoms with van der Waals surface area (Å²) < 4.78 is 12.8. The van der Waals surface area contributed by atoms with Crippen molar-refractivity contribution in [2.75, 3.05) is 44.0 Å². The van der Waals surface area contributed by atoms with E-state index in [1.165, 1.54) is 0 Å². The van der Waals surface area contributed by atoms with E-state index in [0.717, 1.165) is 67.8 Å². The van der Waals surface area contributed by atoms with Crippen LogP contribution in [0.5, 0.6) is 5.75 Å². The Morgan fingerprint density at radius 2 is 1.70 bits per heavy atom. The van der Waals surface area contributed by atoms with E-state index >= 15 is 0 Å². The SMILES string of the molecule is C[C@@H]1CN([C@@H](C)CO)C(=O)c2cc(NC(=O)C3CCCCC3)ccc2O[C@@H](C)CCCCO[C@H]1CN(C)C(=O)Nc1cccc2ccccc12. The highest BCUT2D eigenvalue weighted by Crippen LogP contribution is 2.30. The van der Waals surface area contributed by atoms with Gasteiger partial charge >= 0.3 is 6.03 Å². The zero-order valence-electron chi connectivity index (χ0n) is 30.0. The number of carbonyl (C=O) groups excluding carboxylic acids is 3. The normalized spacial score (nSPS) is 21.7. The number of carbonyl (C=O) groups is 3. The molecule has 3 N–H and O–H groups in total. The standard InChI is InChI=1S/C40H54N4O6/c1-27-24-44(28(2)26-45)39(47)34-23-32(41-38(46)31-15-6-5-7-16-31)20-21-36(34)50-29(3)13-10-11-22-49-37(27)25-43(4)40(48)42-35-19-12-17-30-14-8-9-18-33(30)35/h8-9,12,14,17-21,23,27-29,31,37,45H,5-7,10-11,13,15-16,22,24-26H2,1-4H3,(H,41,46)(H,42,48)/t27-,28+,29+,37+/m1/s1. The second-order valence-corrected chi connectivity index (χ2v) is 14.2. The van der Waals surface area contributed by atoms with E-state index in [2.05, 4.69) is 10.6 Å². The molecule has 5 rings (SSSR count). The summed E-state index contributed by atoms with van der Waals surface area (Å²) in [5.41, 5.74) is 1.62. The number of likely N-dealkylation sites (N-methyl/N-ethyl adjacent to an activating group) is 1. The smallest absolute Gasteiger partial charge is 0.321 e. The first-order valence-corrected chi connectivity index (χ1v) is 18.3. The van der Waals surface area contributed by atoms with Gasteiger partial charge in [-0.2, -0.15) is 0 Å². The van der Waals surface area contributed by atoms with Crippen LogP contribution in [0.4, 0.5) is 16.2 Å². The third-order valence-corrected chi connectivity index (χ3v) is 10.1. The molecule has 1 saturated carbocycles. The first-order chi connectivity index (χ1) is 24.1. The van der Waals surface area contributed by atoms with Crippen LogP contribution < -0.4 is 15.4 Å². The van der Waals surface area contributed by atoms with Gasteiger partial charge in [-0.1, -0.05) is 62.6 Å². The molecule has 1 aliphatic carbocycles. The molecule has 1 heterocycles. The largest absolute Gasteiger partial charge is 0.490 e. The Balaban J connectivity index is 1.37. The van der Waals surface area contributed by atoms with Gasteiger partial charge in [-0.05, 0) is 75.6 Å². The second kappa shape index (κ2) is 17.7. The fourth-order valence-electron chi connectivity index (χ4n) is 6.97. The topological polar surface area (TPSA) is 120 Å². The lowest BCUT2D eigenvalue weighted by atomic mass is 9.88. The minimum absolute atomic E-state index is 0.0184. The quantitative estimate of drug-likeness (QED) is 0.240. The highest BCUT2D eigenvalue weighted by molar-refractivity contribution is 6.02. The van der Waals surface area contributed by atoms with E-state index in [1.807, 2.05) is 63.2 Å². The molecule has 0 unspecified atom stereocenters. The Hall–Kier alpha value is -4.15. The number of fused-ring (bicyclic) bond motifs is 2. The zero-order chi connectivity index (χ0) is 35.6. The summed E-state index contributed by atoms with van der Waals surface area (Å²) in [6, 6.07) is 18.3. The number of nitrogens with zero attached hydrogens (tertiary/aromatic N) is 2. The third kappa shape index (κ3) is 9.54. The number of hydrogen-bond donors (Lipinski definition) is 3. The van der Waals surface area contributed by atoms with Gasteiger partial charge in [-0.25, -0.2) is 4.79 Å². The zero-order valence-corrected chi connectivity index (χ0v) is 30.0. The fraction of sp³-hybridized carbons (Fsp3) is 0.525. The Kier molecular flexibility index (Phi) is 13.1. The van der Waals surface area contributed by atoms with E-state index in [9.17, 15) is 19.5 Å². The Labute approximate surface area is 296 Å². The number of amides is 4. The Bertz CT molecular complexity index is 1600. The molecule has 0 bridgehead atoms. The van der Waals surface area contributed by atoms with Gasteiger partial charge in [0.15, 0.2) is 0 Å². The molecular weight excluding hydrogens is 632 g/mol. The van der Waals surface area contributed by atoms with E-state index in [4.69, 9.17) is 9.47 Å². The van der Waals surface area contributed by atoms with Crippen LogP contribution in [0.3, 0.4) is 0 Å². The van der Waals surface area contributed by atoms with Crippen molar-refractivity contribution >= 4 is 40.0 Å². The molecule has 1 aliphatic heterocycles. The van der Waals surface area contributed by atoms with Crippen LogP contribution in [-0.4, -0.2) is 84.4 Å². The average Bonchev–Trinajstić information content (AvgIpc) is 3.13.